The third-order valence-electron chi connectivity index (χ3n) is 4.04. The first-order valence-electron chi connectivity index (χ1n) is 7.42. The molecule has 0 unspecified atom stereocenters. The van der Waals surface area contributed by atoms with Crippen LogP contribution in [0.2, 0.25) is 5.02 Å². The second kappa shape index (κ2) is 6.08. The summed E-state index contributed by atoms with van der Waals surface area (Å²) in [7, 11) is 0. The number of halogens is 1. The molecule has 0 saturated heterocycles. The lowest BCUT2D eigenvalue weighted by Gasteiger charge is -2.12. The van der Waals surface area contributed by atoms with Gasteiger partial charge in [-0.2, -0.15) is 0 Å². The fourth-order valence-corrected chi connectivity index (χ4v) is 3.04. The van der Waals surface area contributed by atoms with E-state index in [4.69, 9.17) is 22.1 Å². The molecule has 1 aliphatic rings. The van der Waals surface area contributed by atoms with E-state index < -0.39 is 0 Å². The molecule has 0 aliphatic heterocycles. The molecule has 2 N–H and O–H groups in total. The summed E-state index contributed by atoms with van der Waals surface area (Å²) in [5, 5.41) is 0.617. The standard InChI is InChI=1S/C18H20ClNO/c1-12(20)15-7-8-18(17(19)10-15)21-11-13-5-6-14-3-2-4-16(14)9-13/h5-10,12H,2-4,11,20H2,1H3/t12-/m0/s1. The average Bonchev–Trinajstić information content (AvgIpc) is 2.93. The van der Waals surface area contributed by atoms with Crippen LogP contribution in [0.15, 0.2) is 36.4 Å². The molecule has 2 aromatic carbocycles. The molecule has 0 heterocycles. The summed E-state index contributed by atoms with van der Waals surface area (Å²) in [5.41, 5.74) is 11.0. The van der Waals surface area contributed by atoms with E-state index in [0.29, 0.717) is 17.4 Å². The van der Waals surface area contributed by atoms with Gasteiger partial charge in [-0.1, -0.05) is 35.9 Å². The first-order chi connectivity index (χ1) is 10.1. The molecule has 3 rings (SSSR count). The van der Waals surface area contributed by atoms with E-state index in [-0.39, 0.29) is 6.04 Å². The van der Waals surface area contributed by atoms with Crippen molar-refractivity contribution >= 4 is 11.6 Å². The van der Waals surface area contributed by atoms with Gasteiger partial charge < -0.3 is 10.5 Å². The molecule has 0 fully saturated rings. The molecule has 2 aromatic rings. The van der Waals surface area contributed by atoms with E-state index >= 15 is 0 Å². The highest BCUT2D eigenvalue weighted by molar-refractivity contribution is 6.32. The third kappa shape index (κ3) is 3.22. The zero-order valence-electron chi connectivity index (χ0n) is 12.2. The van der Waals surface area contributed by atoms with Gasteiger partial charge in [-0.25, -0.2) is 0 Å². The van der Waals surface area contributed by atoms with Crippen LogP contribution >= 0.6 is 11.6 Å². The Balaban J connectivity index is 1.70. The van der Waals surface area contributed by atoms with Crippen molar-refractivity contribution in [1.29, 1.82) is 0 Å². The Morgan fingerprint density at radius 3 is 2.71 bits per heavy atom. The summed E-state index contributed by atoms with van der Waals surface area (Å²) in [6.07, 6.45) is 3.66. The van der Waals surface area contributed by atoms with E-state index in [1.54, 1.807) is 0 Å². The molecule has 0 spiro atoms. The quantitative estimate of drug-likeness (QED) is 0.907. The maximum atomic E-state index is 6.25. The molecule has 1 aliphatic carbocycles. The van der Waals surface area contributed by atoms with Crippen molar-refractivity contribution in [1.82, 2.24) is 0 Å². The number of aryl methyl sites for hydroxylation is 2. The van der Waals surface area contributed by atoms with Crippen LogP contribution in [0.3, 0.4) is 0 Å². The lowest BCUT2D eigenvalue weighted by atomic mass is 10.1. The van der Waals surface area contributed by atoms with Gasteiger partial charge in [-0.3, -0.25) is 0 Å². The van der Waals surface area contributed by atoms with Gasteiger partial charge >= 0.3 is 0 Å². The highest BCUT2D eigenvalue weighted by Crippen LogP contribution is 2.29. The minimum absolute atomic E-state index is 0.0201. The molecule has 110 valence electrons. The van der Waals surface area contributed by atoms with E-state index in [2.05, 4.69) is 18.2 Å². The topological polar surface area (TPSA) is 35.2 Å². The Bertz CT molecular complexity index is 652. The van der Waals surface area contributed by atoms with Gasteiger partial charge in [0.2, 0.25) is 0 Å². The zero-order valence-corrected chi connectivity index (χ0v) is 13.0. The highest BCUT2D eigenvalue weighted by Gasteiger charge is 2.11. The van der Waals surface area contributed by atoms with E-state index in [9.17, 15) is 0 Å². The third-order valence-corrected chi connectivity index (χ3v) is 4.33. The zero-order chi connectivity index (χ0) is 14.8. The predicted molar refractivity (Wildman–Crippen MR) is 86.9 cm³/mol. The number of benzene rings is 2. The average molecular weight is 302 g/mol. The van der Waals surface area contributed by atoms with Gasteiger partial charge in [0.15, 0.2) is 0 Å². The normalized spacial score (nSPS) is 14.8. The van der Waals surface area contributed by atoms with Crippen LogP contribution in [0.5, 0.6) is 5.75 Å². The van der Waals surface area contributed by atoms with Gasteiger partial charge in [-0.05, 0) is 60.6 Å². The van der Waals surface area contributed by atoms with E-state index in [1.165, 1.54) is 36.0 Å². The molecule has 0 aromatic heterocycles. The second-order valence-electron chi connectivity index (χ2n) is 5.72. The fraction of sp³-hybridized carbons (Fsp3) is 0.333. The number of hydrogen-bond acceptors (Lipinski definition) is 2. The molecule has 1 atom stereocenters. The minimum Gasteiger partial charge on any atom is -0.487 e. The van der Waals surface area contributed by atoms with Crippen LogP contribution in [0.25, 0.3) is 0 Å². The summed E-state index contributed by atoms with van der Waals surface area (Å²) in [4.78, 5) is 0. The van der Waals surface area contributed by atoms with Gasteiger partial charge in [0.25, 0.3) is 0 Å². The summed E-state index contributed by atoms with van der Waals surface area (Å²) in [6, 6.07) is 12.4. The van der Waals surface area contributed by atoms with Crippen molar-refractivity contribution in [2.75, 3.05) is 0 Å². The first-order valence-corrected chi connectivity index (χ1v) is 7.80. The number of nitrogens with two attached hydrogens (primary N) is 1. The summed E-state index contributed by atoms with van der Waals surface area (Å²) >= 11 is 6.25. The van der Waals surface area contributed by atoms with Gasteiger partial charge in [0, 0.05) is 6.04 Å². The molecule has 2 nitrogen and oxygen atoms in total. The lowest BCUT2D eigenvalue weighted by molar-refractivity contribution is 0.306. The SMILES string of the molecule is C[C@H](N)c1ccc(OCc2ccc3c(c2)CCC3)c(Cl)c1. The first kappa shape index (κ1) is 14.4. The Kier molecular flexibility index (Phi) is 4.18. The molecule has 21 heavy (non-hydrogen) atoms. The van der Waals surface area contributed by atoms with E-state index in [1.807, 2.05) is 25.1 Å². The van der Waals surface area contributed by atoms with Gasteiger partial charge in [0.05, 0.1) is 5.02 Å². The molecule has 3 heteroatoms. The van der Waals surface area contributed by atoms with Crippen LogP contribution in [0.4, 0.5) is 0 Å². The van der Waals surface area contributed by atoms with Crippen LogP contribution in [0.1, 0.15) is 41.6 Å². The van der Waals surface area contributed by atoms with Crippen molar-refractivity contribution < 1.29 is 4.74 Å². The van der Waals surface area contributed by atoms with Crippen molar-refractivity contribution in [3.63, 3.8) is 0 Å². The van der Waals surface area contributed by atoms with Crippen LogP contribution in [0, 0.1) is 0 Å². The predicted octanol–water partition coefficient (Wildman–Crippen LogP) is 4.43. The molecule has 0 radical (unpaired) electrons. The molecular weight excluding hydrogens is 282 g/mol. The van der Waals surface area contributed by atoms with Crippen molar-refractivity contribution in [2.45, 2.75) is 38.8 Å². The van der Waals surface area contributed by atoms with Gasteiger partial charge in [0.1, 0.15) is 12.4 Å². The Morgan fingerprint density at radius 1 is 1.14 bits per heavy atom. The number of ether oxygens (including phenoxy) is 1. The maximum absolute atomic E-state index is 6.25. The smallest absolute Gasteiger partial charge is 0.138 e. The van der Waals surface area contributed by atoms with E-state index in [0.717, 1.165) is 5.56 Å². The summed E-state index contributed by atoms with van der Waals surface area (Å²) < 4.78 is 5.84. The van der Waals surface area contributed by atoms with Crippen LogP contribution in [-0.4, -0.2) is 0 Å². The van der Waals surface area contributed by atoms with Crippen LogP contribution < -0.4 is 10.5 Å². The molecule has 0 amide bonds. The fourth-order valence-electron chi connectivity index (χ4n) is 2.79. The Hall–Kier alpha value is -1.51. The minimum atomic E-state index is -0.0201. The van der Waals surface area contributed by atoms with Crippen molar-refractivity contribution in [3.8, 4) is 5.75 Å². The molecular formula is C18H20ClNO. The number of rotatable bonds is 4. The maximum Gasteiger partial charge on any atom is 0.138 e. The number of hydrogen-bond donors (Lipinski definition) is 1. The molecule has 0 saturated carbocycles. The summed E-state index contributed by atoms with van der Waals surface area (Å²) in [5.74, 6) is 0.710. The summed E-state index contributed by atoms with van der Waals surface area (Å²) in [6.45, 7) is 2.49. The lowest BCUT2D eigenvalue weighted by Crippen LogP contribution is -2.05. The molecule has 0 bridgehead atoms. The Morgan fingerprint density at radius 2 is 1.95 bits per heavy atom. The highest BCUT2D eigenvalue weighted by atomic mass is 35.5. The monoisotopic (exact) mass is 301 g/mol. The van der Waals surface area contributed by atoms with Gasteiger partial charge in [-0.15, -0.1) is 0 Å². The second-order valence-corrected chi connectivity index (χ2v) is 6.13. The van der Waals surface area contributed by atoms with Crippen LogP contribution in [-0.2, 0) is 19.4 Å². The van der Waals surface area contributed by atoms with Crippen molar-refractivity contribution in [2.24, 2.45) is 5.73 Å². The largest absolute Gasteiger partial charge is 0.487 e. The Labute approximate surface area is 130 Å². The van der Waals surface area contributed by atoms with Crippen molar-refractivity contribution in [3.05, 3.63) is 63.7 Å². The number of fused-ring (bicyclic) bond motifs is 1.